The molecule has 0 bridgehead atoms. The summed E-state index contributed by atoms with van der Waals surface area (Å²) in [6, 6.07) is 0. The fourth-order valence-electron chi connectivity index (χ4n) is 2.52. The lowest BCUT2D eigenvalue weighted by Crippen LogP contribution is -2.20. The first-order valence-electron chi connectivity index (χ1n) is 6.88. The van der Waals surface area contributed by atoms with E-state index in [-0.39, 0.29) is 0 Å². The molecule has 1 atom stereocenters. The molecule has 6 heteroatoms. The average molecular weight is 261 g/mol. The first kappa shape index (κ1) is 12.3. The van der Waals surface area contributed by atoms with E-state index >= 15 is 0 Å². The summed E-state index contributed by atoms with van der Waals surface area (Å²) in [4.78, 5) is 9.76. The topological polar surface area (TPSA) is 70.8 Å². The fourth-order valence-corrected chi connectivity index (χ4v) is 2.52. The van der Waals surface area contributed by atoms with Gasteiger partial charge in [0.05, 0.1) is 12.5 Å². The van der Waals surface area contributed by atoms with Crippen LogP contribution in [0.2, 0.25) is 0 Å². The zero-order valence-corrected chi connectivity index (χ0v) is 11.2. The van der Waals surface area contributed by atoms with E-state index in [0.29, 0.717) is 5.92 Å². The van der Waals surface area contributed by atoms with Gasteiger partial charge in [0.1, 0.15) is 5.82 Å². The van der Waals surface area contributed by atoms with Crippen molar-refractivity contribution in [2.45, 2.75) is 38.6 Å². The van der Waals surface area contributed by atoms with Crippen LogP contribution in [0.3, 0.4) is 0 Å². The summed E-state index contributed by atoms with van der Waals surface area (Å²) in [5.74, 6) is 2.94. The van der Waals surface area contributed by atoms with Gasteiger partial charge in [-0.05, 0) is 19.4 Å². The van der Waals surface area contributed by atoms with Gasteiger partial charge in [-0.2, -0.15) is 0 Å². The van der Waals surface area contributed by atoms with Crippen LogP contribution in [0.15, 0.2) is 16.8 Å². The van der Waals surface area contributed by atoms with E-state index in [4.69, 9.17) is 4.42 Å². The van der Waals surface area contributed by atoms with Crippen LogP contribution in [0.1, 0.15) is 43.3 Å². The minimum Gasteiger partial charge on any atom is -0.425 e. The molecule has 19 heavy (non-hydrogen) atoms. The Hall–Kier alpha value is -1.69. The highest BCUT2D eigenvalue weighted by molar-refractivity contribution is 4.98. The van der Waals surface area contributed by atoms with Crippen molar-refractivity contribution in [1.82, 2.24) is 25.1 Å². The Morgan fingerprint density at radius 2 is 2.42 bits per heavy atom. The molecule has 0 aliphatic carbocycles. The molecule has 0 amide bonds. The van der Waals surface area contributed by atoms with Gasteiger partial charge in [-0.15, -0.1) is 10.2 Å². The van der Waals surface area contributed by atoms with Crippen LogP contribution >= 0.6 is 0 Å². The molecular weight excluding hydrogens is 242 g/mol. The summed E-state index contributed by atoms with van der Waals surface area (Å²) in [7, 11) is 0. The summed E-state index contributed by atoms with van der Waals surface area (Å²) in [6.07, 6.45) is 6.64. The van der Waals surface area contributed by atoms with Crippen molar-refractivity contribution in [3.05, 3.63) is 30.0 Å². The third kappa shape index (κ3) is 2.84. The van der Waals surface area contributed by atoms with Crippen molar-refractivity contribution in [2.75, 3.05) is 13.1 Å². The van der Waals surface area contributed by atoms with E-state index < -0.39 is 0 Å². The molecule has 0 aromatic carbocycles. The molecular formula is C13H19N5O. The molecule has 1 aliphatic heterocycles. The van der Waals surface area contributed by atoms with Gasteiger partial charge in [-0.1, -0.05) is 6.92 Å². The molecule has 1 fully saturated rings. The highest BCUT2D eigenvalue weighted by atomic mass is 16.4. The van der Waals surface area contributed by atoms with Crippen LogP contribution in [0.25, 0.3) is 0 Å². The van der Waals surface area contributed by atoms with Gasteiger partial charge in [-0.25, -0.2) is 4.98 Å². The summed E-state index contributed by atoms with van der Waals surface area (Å²) < 4.78 is 5.72. The first-order valence-corrected chi connectivity index (χ1v) is 6.88. The standard InChI is InChI=1S/C13H19N5O/c1-2-3-12-16-17-13(19-12)10-4-7-18(8-10)9-11-14-5-6-15-11/h5-6,10H,2-4,7-9H2,1H3,(H,14,15). The Morgan fingerprint density at radius 1 is 1.47 bits per heavy atom. The monoisotopic (exact) mass is 261 g/mol. The largest absolute Gasteiger partial charge is 0.425 e. The number of imidazole rings is 1. The quantitative estimate of drug-likeness (QED) is 0.887. The highest BCUT2D eigenvalue weighted by Crippen LogP contribution is 2.27. The minimum absolute atomic E-state index is 0.369. The molecule has 1 aliphatic rings. The number of nitrogens with one attached hydrogen (secondary N) is 1. The third-order valence-corrected chi connectivity index (χ3v) is 3.50. The molecule has 0 spiro atoms. The lowest BCUT2D eigenvalue weighted by molar-refractivity contribution is 0.311. The Bertz CT molecular complexity index is 507. The Kier molecular flexibility index (Phi) is 3.59. The molecule has 2 aromatic rings. The molecule has 0 saturated carbocycles. The molecule has 2 aromatic heterocycles. The van der Waals surface area contributed by atoms with Crippen molar-refractivity contribution < 1.29 is 4.42 Å². The highest BCUT2D eigenvalue weighted by Gasteiger charge is 2.28. The molecule has 1 unspecified atom stereocenters. The van der Waals surface area contributed by atoms with Crippen molar-refractivity contribution in [2.24, 2.45) is 0 Å². The van der Waals surface area contributed by atoms with E-state index in [1.54, 1.807) is 6.20 Å². The van der Waals surface area contributed by atoms with Gasteiger partial charge in [0.2, 0.25) is 11.8 Å². The van der Waals surface area contributed by atoms with Gasteiger partial charge >= 0.3 is 0 Å². The maximum Gasteiger partial charge on any atom is 0.220 e. The lowest BCUT2D eigenvalue weighted by Gasteiger charge is -2.12. The maximum absolute atomic E-state index is 5.72. The maximum atomic E-state index is 5.72. The molecule has 3 heterocycles. The Balaban J connectivity index is 1.58. The number of aromatic nitrogens is 4. The Labute approximate surface area is 112 Å². The predicted molar refractivity (Wildman–Crippen MR) is 69.5 cm³/mol. The summed E-state index contributed by atoms with van der Waals surface area (Å²) >= 11 is 0. The second-order valence-corrected chi connectivity index (χ2v) is 5.04. The lowest BCUT2D eigenvalue weighted by atomic mass is 10.1. The van der Waals surface area contributed by atoms with Crippen LogP contribution in [0.4, 0.5) is 0 Å². The molecule has 1 N–H and O–H groups in total. The van der Waals surface area contributed by atoms with E-state index in [1.807, 2.05) is 6.20 Å². The van der Waals surface area contributed by atoms with Gasteiger partial charge in [0.15, 0.2) is 0 Å². The van der Waals surface area contributed by atoms with E-state index in [9.17, 15) is 0 Å². The number of aromatic amines is 1. The van der Waals surface area contributed by atoms with Crippen LogP contribution < -0.4 is 0 Å². The van der Waals surface area contributed by atoms with Gasteiger partial charge in [0, 0.05) is 25.4 Å². The average Bonchev–Trinajstić information content (AvgIpc) is 3.10. The zero-order chi connectivity index (χ0) is 13.1. The SMILES string of the molecule is CCCc1nnc(C2CCN(Cc3ncc[nH]3)C2)o1. The van der Waals surface area contributed by atoms with Crippen molar-refractivity contribution in [3.63, 3.8) is 0 Å². The molecule has 0 radical (unpaired) electrons. The van der Waals surface area contributed by atoms with Gasteiger partial charge in [-0.3, -0.25) is 4.90 Å². The number of aryl methyl sites for hydroxylation is 1. The number of H-pyrrole nitrogens is 1. The number of nitrogens with zero attached hydrogens (tertiary/aromatic N) is 4. The predicted octanol–water partition coefficient (Wildman–Crippen LogP) is 1.73. The minimum atomic E-state index is 0.369. The van der Waals surface area contributed by atoms with Crippen molar-refractivity contribution >= 4 is 0 Å². The summed E-state index contributed by atoms with van der Waals surface area (Å²) in [5.41, 5.74) is 0. The second kappa shape index (κ2) is 5.52. The molecule has 1 saturated heterocycles. The number of hydrogen-bond acceptors (Lipinski definition) is 5. The third-order valence-electron chi connectivity index (χ3n) is 3.50. The van der Waals surface area contributed by atoms with Gasteiger partial charge in [0.25, 0.3) is 0 Å². The van der Waals surface area contributed by atoms with Crippen LogP contribution in [-0.2, 0) is 13.0 Å². The number of hydrogen-bond donors (Lipinski definition) is 1. The Morgan fingerprint density at radius 3 is 3.21 bits per heavy atom. The van der Waals surface area contributed by atoms with Crippen LogP contribution in [0.5, 0.6) is 0 Å². The van der Waals surface area contributed by atoms with E-state index in [1.165, 1.54) is 0 Å². The van der Waals surface area contributed by atoms with Gasteiger partial charge < -0.3 is 9.40 Å². The second-order valence-electron chi connectivity index (χ2n) is 5.04. The van der Waals surface area contributed by atoms with E-state index in [0.717, 1.165) is 56.5 Å². The van der Waals surface area contributed by atoms with Crippen molar-refractivity contribution in [3.8, 4) is 0 Å². The fraction of sp³-hybridized carbons (Fsp3) is 0.615. The van der Waals surface area contributed by atoms with Crippen LogP contribution in [-0.4, -0.2) is 38.2 Å². The van der Waals surface area contributed by atoms with Crippen LogP contribution in [0, 0.1) is 0 Å². The summed E-state index contributed by atoms with van der Waals surface area (Å²) in [6.45, 7) is 5.00. The van der Waals surface area contributed by atoms with E-state index in [2.05, 4.69) is 32.0 Å². The number of likely N-dealkylation sites (tertiary alicyclic amines) is 1. The smallest absolute Gasteiger partial charge is 0.220 e. The molecule has 6 nitrogen and oxygen atoms in total. The first-order chi connectivity index (χ1) is 9.35. The molecule has 102 valence electrons. The normalized spacial score (nSPS) is 20.2. The summed E-state index contributed by atoms with van der Waals surface area (Å²) in [5, 5.41) is 8.28. The zero-order valence-electron chi connectivity index (χ0n) is 11.2. The molecule has 3 rings (SSSR count). The number of rotatable bonds is 5. The van der Waals surface area contributed by atoms with Crippen molar-refractivity contribution in [1.29, 1.82) is 0 Å².